The van der Waals surface area contributed by atoms with Gasteiger partial charge in [0.2, 0.25) is 0 Å². The molecule has 1 aliphatic rings. The topological polar surface area (TPSA) is 0 Å². The molecule has 0 radical (unpaired) electrons. The summed E-state index contributed by atoms with van der Waals surface area (Å²) in [6.45, 7) is 1.76. The van der Waals surface area contributed by atoms with Gasteiger partial charge in [-0.15, -0.1) is 0 Å². The van der Waals surface area contributed by atoms with Gasteiger partial charge < -0.3 is 0 Å². The summed E-state index contributed by atoms with van der Waals surface area (Å²) in [6, 6.07) is 0. The maximum atomic E-state index is 12.0. The largest absolute Gasteiger partial charge is 0.252 e. The van der Waals surface area contributed by atoms with Gasteiger partial charge in [-0.3, -0.25) is 0 Å². The van der Waals surface area contributed by atoms with Gasteiger partial charge in [0, 0.05) is 17.2 Å². The molecule has 0 saturated heterocycles. The van der Waals surface area contributed by atoms with Crippen molar-refractivity contribution in [2.45, 2.75) is 24.1 Å². The van der Waals surface area contributed by atoms with E-state index in [2.05, 4.69) is 15.9 Å². The van der Waals surface area contributed by atoms with E-state index in [1.807, 2.05) is 0 Å². The molecule has 0 aromatic carbocycles. The molecule has 0 spiro atoms. The monoisotopic (exact) mass is 184 g/mol. The maximum Gasteiger partial charge on any atom is 0.252 e. The van der Waals surface area contributed by atoms with Gasteiger partial charge >= 0.3 is 0 Å². The van der Waals surface area contributed by atoms with Gasteiger partial charge in [0.15, 0.2) is 0 Å². The van der Waals surface area contributed by atoms with Gasteiger partial charge in [0.25, 0.3) is 5.92 Å². The minimum Gasteiger partial charge on any atom is -0.207 e. The molecule has 8 heavy (non-hydrogen) atoms. The molecule has 48 valence electrons. The van der Waals surface area contributed by atoms with Gasteiger partial charge in [-0.1, -0.05) is 22.9 Å². The predicted octanol–water partition coefficient (Wildman–Crippen LogP) is 2.43. The van der Waals surface area contributed by atoms with Crippen LogP contribution in [0.25, 0.3) is 0 Å². The van der Waals surface area contributed by atoms with E-state index in [0.717, 1.165) is 0 Å². The zero-order valence-corrected chi connectivity index (χ0v) is 6.08. The van der Waals surface area contributed by atoms with Crippen LogP contribution in [0.15, 0.2) is 0 Å². The van der Waals surface area contributed by atoms with Crippen LogP contribution < -0.4 is 0 Å². The molecule has 0 aromatic heterocycles. The van der Waals surface area contributed by atoms with Crippen molar-refractivity contribution in [1.82, 2.24) is 0 Å². The fraction of sp³-hybridized carbons (Fsp3) is 1.00. The van der Waals surface area contributed by atoms with Crippen LogP contribution in [0.3, 0.4) is 0 Å². The molecule has 2 atom stereocenters. The molecule has 0 amide bonds. The molecule has 0 heterocycles. The van der Waals surface area contributed by atoms with Crippen molar-refractivity contribution in [2.24, 2.45) is 5.92 Å². The van der Waals surface area contributed by atoms with Crippen LogP contribution in [0.1, 0.15) is 13.3 Å². The summed E-state index contributed by atoms with van der Waals surface area (Å²) < 4.78 is 24.0. The number of halogens is 3. The molecule has 1 aliphatic carbocycles. The Labute approximate surface area is 55.4 Å². The Morgan fingerprint density at radius 1 is 1.75 bits per heavy atom. The molecule has 1 fully saturated rings. The molecule has 1 rings (SSSR count). The van der Waals surface area contributed by atoms with Crippen molar-refractivity contribution in [3.8, 4) is 0 Å². The van der Waals surface area contributed by atoms with E-state index >= 15 is 0 Å². The van der Waals surface area contributed by atoms with Crippen LogP contribution in [-0.2, 0) is 0 Å². The Bertz CT molecular complexity index is 101. The van der Waals surface area contributed by atoms with E-state index in [4.69, 9.17) is 0 Å². The van der Waals surface area contributed by atoms with E-state index < -0.39 is 11.8 Å². The minimum absolute atomic E-state index is 0.0301. The third-order valence-electron chi connectivity index (χ3n) is 1.43. The van der Waals surface area contributed by atoms with Gasteiger partial charge in [-0.25, -0.2) is 8.78 Å². The molecule has 0 aromatic rings. The van der Waals surface area contributed by atoms with E-state index in [-0.39, 0.29) is 11.2 Å². The standard InChI is InChI=1S/C5H7BrF2/c1-3(6)4-2-5(4,7)8/h3-4H,2H2,1H3. The lowest BCUT2D eigenvalue weighted by atomic mass is 10.3. The van der Waals surface area contributed by atoms with Crippen LogP contribution in [0.4, 0.5) is 8.78 Å². The molecular weight excluding hydrogens is 178 g/mol. The fourth-order valence-electron chi connectivity index (χ4n) is 0.733. The average Bonchev–Trinajstić information content (AvgIpc) is 2.13. The third kappa shape index (κ3) is 1.02. The first kappa shape index (κ1) is 6.46. The van der Waals surface area contributed by atoms with Crippen molar-refractivity contribution in [3.63, 3.8) is 0 Å². The van der Waals surface area contributed by atoms with Crippen molar-refractivity contribution in [1.29, 1.82) is 0 Å². The highest BCUT2D eigenvalue weighted by Crippen LogP contribution is 2.52. The molecule has 3 heteroatoms. The maximum absolute atomic E-state index is 12.0. The van der Waals surface area contributed by atoms with E-state index in [0.29, 0.717) is 0 Å². The van der Waals surface area contributed by atoms with Crippen molar-refractivity contribution in [3.05, 3.63) is 0 Å². The molecule has 0 aliphatic heterocycles. The highest BCUT2D eigenvalue weighted by atomic mass is 79.9. The third-order valence-corrected chi connectivity index (χ3v) is 2.07. The zero-order chi connectivity index (χ0) is 6.36. The molecule has 0 N–H and O–H groups in total. The van der Waals surface area contributed by atoms with Crippen molar-refractivity contribution in [2.75, 3.05) is 0 Å². The summed E-state index contributed by atoms with van der Waals surface area (Å²) in [4.78, 5) is -0.0301. The highest BCUT2D eigenvalue weighted by Gasteiger charge is 2.58. The zero-order valence-electron chi connectivity index (χ0n) is 4.50. The summed E-state index contributed by atoms with van der Waals surface area (Å²) in [5.41, 5.74) is 0. The number of alkyl halides is 3. The SMILES string of the molecule is CC(Br)C1CC1(F)F. The number of rotatable bonds is 1. The minimum atomic E-state index is -2.36. The van der Waals surface area contributed by atoms with Crippen LogP contribution in [0, 0.1) is 5.92 Å². The Morgan fingerprint density at radius 2 is 2.12 bits per heavy atom. The molecule has 2 unspecified atom stereocenters. The lowest BCUT2D eigenvalue weighted by Crippen LogP contribution is -2.01. The Hall–Kier alpha value is 0.340. The quantitative estimate of drug-likeness (QED) is 0.550. The lowest BCUT2D eigenvalue weighted by Gasteiger charge is -1.96. The van der Waals surface area contributed by atoms with E-state index in [1.165, 1.54) is 0 Å². The predicted molar refractivity (Wildman–Crippen MR) is 31.4 cm³/mol. The normalized spacial score (nSPS) is 36.8. The first-order chi connectivity index (χ1) is 3.54. The molecule has 1 saturated carbocycles. The number of hydrogen-bond donors (Lipinski definition) is 0. The van der Waals surface area contributed by atoms with Crippen LogP contribution in [0.2, 0.25) is 0 Å². The summed E-state index contributed by atoms with van der Waals surface area (Å²) >= 11 is 3.10. The van der Waals surface area contributed by atoms with Crippen molar-refractivity contribution < 1.29 is 8.78 Å². The van der Waals surface area contributed by atoms with Gasteiger partial charge in [0.05, 0.1) is 0 Å². The summed E-state index contributed by atoms with van der Waals surface area (Å²) in [7, 11) is 0. The number of hydrogen-bond acceptors (Lipinski definition) is 0. The van der Waals surface area contributed by atoms with Crippen molar-refractivity contribution >= 4 is 15.9 Å². The van der Waals surface area contributed by atoms with Gasteiger partial charge in [-0.2, -0.15) is 0 Å². The molecule has 0 bridgehead atoms. The summed E-state index contributed by atoms with van der Waals surface area (Å²) in [6.07, 6.45) is 0.0689. The fourth-order valence-corrected chi connectivity index (χ4v) is 1.31. The second-order valence-corrected chi connectivity index (χ2v) is 3.69. The average molecular weight is 185 g/mol. The second-order valence-electron chi connectivity index (χ2n) is 2.25. The Morgan fingerprint density at radius 3 is 2.12 bits per heavy atom. The smallest absolute Gasteiger partial charge is 0.207 e. The summed E-state index contributed by atoms with van der Waals surface area (Å²) in [5, 5.41) is 0. The molecule has 0 nitrogen and oxygen atoms in total. The highest BCUT2D eigenvalue weighted by molar-refractivity contribution is 9.09. The van der Waals surface area contributed by atoms with Crippen LogP contribution >= 0.6 is 15.9 Å². The summed E-state index contributed by atoms with van der Waals surface area (Å²) in [5.74, 6) is -2.76. The second kappa shape index (κ2) is 1.66. The van der Waals surface area contributed by atoms with E-state index in [9.17, 15) is 8.78 Å². The van der Waals surface area contributed by atoms with Gasteiger partial charge in [0.1, 0.15) is 0 Å². The van der Waals surface area contributed by atoms with E-state index in [1.54, 1.807) is 6.92 Å². The van der Waals surface area contributed by atoms with Crippen LogP contribution in [-0.4, -0.2) is 10.7 Å². The van der Waals surface area contributed by atoms with Gasteiger partial charge in [-0.05, 0) is 0 Å². The first-order valence-corrected chi connectivity index (χ1v) is 3.47. The van der Waals surface area contributed by atoms with Crippen LogP contribution in [0.5, 0.6) is 0 Å². The first-order valence-electron chi connectivity index (χ1n) is 2.56. The lowest BCUT2D eigenvalue weighted by molar-refractivity contribution is 0.0996. The Kier molecular flexibility index (Phi) is 1.34. The Balaban J connectivity index is 2.37. The molecular formula is C5H7BrF2.